The summed E-state index contributed by atoms with van der Waals surface area (Å²) in [4.78, 5) is 38.2. The molecular weight excluding hydrogens is 853 g/mol. The minimum absolute atomic E-state index is 0.0884. The van der Waals surface area contributed by atoms with E-state index in [1.807, 2.05) is 0 Å². The number of esters is 3. The molecule has 6 heteroatoms. The van der Waals surface area contributed by atoms with Crippen LogP contribution in [0.25, 0.3) is 0 Å². The standard InChI is InChI=1S/C63H110O6/c1-4-7-10-13-16-19-22-25-28-30-32-35-38-41-44-47-50-53-56-62(65)68-59-60(58-67-61(64)55-52-49-46-43-40-37-34-27-24-21-18-15-12-9-6-3)69-63(66)57-54-51-48-45-42-39-36-33-31-29-26-23-20-17-14-11-8-5-2/h22-23,25-26,28-33,35-36,60H,4-21,24,27,34,37-59H2,1-3H3/b25-22-,26-23-,30-28-,31-29-,35-32-,36-33-. The van der Waals surface area contributed by atoms with Gasteiger partial charge in [-0.3, -0.25) is 14.4 Å². The van der Waals surface area contributed by atoms with Gasteiger partial charge in [0.05, 0.1) is 0 Å². The summed E-state index contributed by atoms with van der Waals surface area (Å²) < 4.78 is 16.9. The fraction of sp³-hybridized carbons (Fsp3) is 0.762. The van der Waals surface area contributed by atoms with Crippen molar-refractivity contribution in [3.63, 3.8) is 0 Å². The van der Waals surface area contributed by atoms with Gasteiger partial charge in [-0.1, -0.05) is 273 Å². The topological polar surface area (TPSA) is 78.9 Å². The van der Waals surface area contributed by atoms with Crippen molar-refractivity contribution >= 4 is 17.9 Å². The summed E-state index contributed by atoms with van der Waals surface area (Å²) in [6.45, 7) is 6.60. The highest BCUT2D eigenvalue weighted by Crippen LogP contribution is 2.16. The largest absolute Gasteiger partial charge is 0.462 e. The van der Waals surface area contributed by atoms with E-state index in [9.17, 15) is 14.4 Å². The molecule has 0 saturated carbocycles. The van der Waals surface area contributed by atoms with E-state index in [4.69, 9.17) is 14.2 Å². The molecule has 0 amide bonds. The van der Waals surface area contributed by atoms with Crippen LogP contribution in [0.1, 0.15) is 290 Å². The van der Waals surface area contributed by atoms with E-state index in [1.54, 1.807) is 0 Å². The SMILES string of the molecule is CCCCCCC\C=C/C=C\C=C/CCCCCCCC(=O)OCC(COC(=O)CCCCCCCCCCCCCCCCC)OC(=O)CCCCCCC\C=C/C=C\C=C/CCCCCCC. The maximum Gasteiger partial charge on any atom is 0.306 e. The molecule has 6 nitrogen and oxygen atoms in total. The number of carbonyl (C=O) groups excluding carboxylic acids is 3. The smallest absolute Gasteiger partial charge is 0.306 e. The monoisotopic (exact) mass is 963 g/mol. The van der Waals surface area contributed by atoms with Crippen molar-refractivity contribution in [1.82, 2.24) is 0 Å². The van der Waals surface area contributed by atoms with Gasteiger partial charge in [-0.15, -0.1) is 0 Å². The normalized spacial score (nSPS) is 12.6. The molecule has 0 aliphatic carbocycles. The van der Waals surface area contributed by atoms with Crippen LogP contribution in [0.2, 0.25) is 0 Å². The quantitative estimate of drug-likeness (QED) is 0.0262. The summed E-state index contributed by atoms with van der Waals surface area (Å²) in [5, 5.41) is 0. The van der Waals surface area contributed by atoms with Gasteiger partial charge in [-0.25, -0.2) is 0 Å². The number of allylic oxidation sites excluding steroid dienone is 12. The number of hydrogen-bond donors (Lipinski definition) is 0. The van der Waals surface area contributed by atoms with Gasteiger partial charge >= 0.3 is 17.9 Å². The lowest BCUT2D eigenvalue weighted by atomic mass is 10.0. The first kappa shape index (κ1) is 65.8. The summed E-state index contributed by atoms with van der Waals surface area (Å²) in [6, 6.07) is 0. The molecule has 0 aliphatic heterocycles. The lowest BCUT2D eigenvalue weighted by Crippen LogP contribution is -2.30. The van der Waals surface area contributed by atoms with Crippen molar-refractivity contribution in [2.45, 2.75) is 297 Å². The van der Waals surface area contributed by atoms with Gasteiger partial charge in [0.2, 0.25) is 0 Å². The van der Waals surface area contributed by atoms with E-state index in [1.165, 1.54) is 148 Å². The fourth-order valence-electron chi connectivity index (χ4n) is 8.33. The summed E-state index contributed by atoms with van der Waals surface area (Å²) in [5.41, 5.74) is 0. The molecule has 0 aromatic heterocycles. The zero-order valence-electron chi connectivity index (χ0n) is 45.6. The van der Waals surface area contributed by atoms with E-state index < -0.39 is 6.10 Å². The van der Waals surface area contributed by atoms with Gasteiger partial charge in [0.25, 0.3) is 0 Å². The van der Waals surface area contributed by atoms with Crippen LogP contribution in [0.3, 0.4) is 0 Å². The van der Waals surface area contributed by atoms with Crippen molar-refractivity contribution in [3.8, 4) is 0 Å². The Hall–Kier alpha value is -3.15. The highest BCUT2D eigenvalue weighted by Gasteiger charge is 2.19. The Labute approximate surface area is 427 Å². The highest BCUT2D eigenvalue weighted by atomic mass is 16.6. The Balaban J connectivity index is 4.46. The van der Waals surface area contributed by atoms with E-state index in [-0.39, 0.29) is 31.1 Å². The molecule has 1 unspecified atom stereocenters. The Kier molecular flexibility index (Phi) is 54.8. The molecule has 0 radical (unpaired) electrons. The van der Waals surface area contributed by atoms with Gasteiger partial charge in [0.15, 0.2) is 6.10 Å². The van der Waals surface area contributed by atoms with Crippen molar-refractivity contribution in [2.75, 3.05) is 13.2 Å². The third-order valence-corrected chi connectivity index (χ3v) is 12.8. The van der Waals surface area contributed by atoms with Crippen LogP contribution >= 0.6 is 0 Å². The van der Waals surface area contributed by atoms with E-state index >= 15 is 0 Å². The van der Waals surface area contributed by atoms with E-state index in [0.717, 1.165) is 103 Å². The number of ether oxygens (including phenoxy) is 3. The van der Waals surface area contributed by atoms with Gasteiger partial charge in [0.1, 0.15) is 13.2 Å². The van der Waals surface area contributed by atoms with Crippen molar-refractivity contribution < 1.29 is 28.6 Å². The van der Waals surface area contributed by atoms with Crippen molar-refractivity contribution in [1.29, 1.82) is 0 Å². The van der Waals surface area contributed by atoms with Crippen LogP contribution in [-0.2, 0) is 28.6 Å². The molecule has 0 saturated heterocycles. The second kappa shape index (κ2) is 57.4. The molecule has 0 aromatic rings. The zero-order valence-corrected chi connectivity index (χ0v) is 45.6. The van der Waals surface area contributed by atoms with Crippen LogP contribution in [0.5, 0.6) is 0 Å². The molecule has 0 rings (SSSR count). The highest BCUT2D eigenvalue weighted by molar-refractivity contribution is 5.71. The molecule has 0 aromatic carbocycles. The Morgan fingerprint density at radius 1 is 0.290 bits per heavy atom. The molecule has 0 heterocycles. The minimum atomic E-state index is -0.794. The summed E-state index contributed by atoms with van der Waals surface area (Å²) in [7, 11) is 0. The van der Waals surface area contributed by atoms with Gasteiger partial charge in [-0.2, -0.15) is 0 Å². The Morgan fingerprint density at radius 2 is 0.522 bits per heavy atom. The molecule has 69 heavy (non-hydrogen) atoms. The zero-order chi connectivity index (χ0) is 50.0. The number of carbonyl (C=O) groups is 3. The molecule has 0 spiro atoms. The summed E-state index contributed by atoms with van der Waals surface area (Å²) in [5.74, 6) is -0.918. The minimum Gasteiger partial charge on any atom is -0.462 e. The van der Waals surface area contributed by atoms with E-state index in [2.05, 4.69) is 93.7 Å². The molecule has 1 atom stereocenters. The molecule has 0 aliphatic rings. The third kappa shape index (κ3) is 55.6. The molecule has 398 valence electrons. The Morgan fingerprint density at radius 3 is 0.797 bits per heavy atom. The van der Waals surface area contributed by atoms with Crippen LogP contribution < -0.4 is 0 Å². The molecule has 0 N–H and O–H groups in total. The maximum atomic E-state index is 12.9. The van der Waals surface area contributed by atoms with Crippen LogP contribution in [0.4, 0.5) is 0 Å². The lowest BCUT2D eigenvalue weighted by molar-refractivity contribution is -0.167. The number of hydrogen-bond acceptors (Lipinski definition) is 6. The first-order chi connectivity index (χ1) is 34.0. The van der Waals surface area contributed by atoms with Gasteiger partial charge in [-0.05, 0) is 70.6 Å². The molecular formula is C63H110O6. The molecule has 0 fully saturated rings. The molecule has 0 bridgehead atoms. The first-order valence-corrected chi connectivity index (χ1v) is 29.5. The van der Waals surface area contributed by atoms with Crippen molar-refractivity contribution in [2.24, 2.45) is 0 Å². The predicted octanol–water partition coefficient (Wildman–Crippen LogP) is 19.8. The average Bonchev–Trinajstić information content (AvgIpc) is 3.35. The maximum absolute atomic E-state index is 12.9. The Bertz CT molecular complexity index is 1290. The average molecular weight is 964 g/mol. The first-order valence-electron chi connectivity index (χ1n) is 29.5. The summed E-state index contributed by atoms with van der Waals surface area (Å²) >= 11 is 0. The number of unbranched alkanes of at least 4 members (excludes halogenated alkanes) is 34. The van der Waals surface area contributed by atoms with Gasteiger partial charge in [0, 0.05) is 19.3 Å². The van der Waals surface area contributed by atoms with Crippen molar-refractivity contribution in [3.05, 3.63) is 72.9 Å². The second-order valence-corrected chi connectivity index (χ2v) is 19.7. The predicted molar refractivity (Wildman–Crippen MR) is 298 cm³/mol. The van der Waals surface area contributed by atoms with Crippen LogP contribution in [0, 0.1) is 0 Å². The van der Waals surface area contributed by atoms with Gasteiger partial charge < -0.3 is 14.2 Å². The summed E-state index contributed by atoms with van der Waals surface area (Å²) in [6.07, 6.45) is 73.1. The second-order valence-electron chi connectivity index (χ2n) is 19.7. The number of rotatable bonds is 53. The third-order valence-electron chi connectivity index (χ3n) is 12.8. The fourth-order valence-corrected chi connectivity index (χ4v) is 8.33. The van der Waals surface area contributed by atoms with Crippen LogP contribution in [-0.4, -0.2) is 37.2 Å². The lowest BCUT2D eigenvalue weighted by Gasteiger charge is -2.18. The van der Waals surface area contributed by atoms with E-state index in [0.29, 0.717) is 19.3 Å². The van der Waals surface area contributed by atoms with Crippen LogP contribution in [0.15, 0.2) is 72.9 Å².